The highest BCUT2D eigenvalue weighted by Crippen LogP contribution is 2.25. The fourth-order valence-electron chi connectivity index (χ4n) is 2.70. The molecule has 0 saturated carbocycles. The normalized spacial score (nSPS) is 18.9. The number of aliphatic hydroxyl groups excluding tert-OH is 1. The van der Waals surface area contributed by atoms with Crippen molar-refractivity contribution in [2.45, 2.75) is 32.4 Å². The number of anilines is 1. The lowest BCUT2D eigenvalue weighted by atomic mass is 9.92. The van der Waals surface area contributed by atoms with Gasteiger partial charge in [-0.2, -0.15) is 0 Å². The summed E-state index contributed by atoms with van der Waals surface area (Å²) in [5.41, 5.74) is 6.67. The van der Waals surface area contributed by atoms with Gasteiger partial charge in [-0.1, -0.05) is 6.07 Å². The highest BCUT2D eigenvalue weighted by molar-refractivity contribution is 5.59. The maximum Gasteiger partial charge on any atom is 0.292 e. The van der Waals surface area contributed by atoms with Gasteiger partial charge in [-0.05, 0) is 50.4 Å². The Morgan fingerprint density at radius 3 is 2.70 bits per heavy atom. The SMILES string of the molecule is CC(O)C1CCN(Cc2ccc(N)c([N+](=O)[O-])c2)CC1. The summed E-state index contributed by atoms with van der Waals surface area (Å²) in [4.78, 5) is 12.7. The van der Waals surface area contributed by atoms with Crippen molar-refractivity contribution in [2.75, 3.05) is 18.8 Å². The van der Waals surface area contributed by atoms with Gasteiger partial charge >= 0.3 is 0 Å². The number of hydrogen-bond acceptors (Lipinski definition) is 5. The molecular formula is C14H21N3O3. The molecule has 1 atom stereocenters. The molecule has 20 heavy (non-hydrogen) atoms. The smallest absolute Gasteiger partial charge is 0.292 e. The van der Waals surface area contributed by atoms with Crippen LogP contribution in [0.15, 0.2) is 18.2 Å². The average molecular weight is 279 g/mol. The van der Waals surface area contributed by atoms with Crippen LogP contribution >= 0.6 is 0 Å². The predicted molar refractivity (Wildman–Crippen MR) is 77.2 cm³/mol. The molecule has 6 heteroatoms. The summed E-state index contributed by atoms with van der Waals surface area (Å²) in [7, 11) is 0. The second-order valence-electron chi connectivity index (χ2n) is 5.50. The van der Waals surface area contributed by atoms with Crippen molar-refractivity contribution in [1.82, 2.24) is 4.90 Å². The molecule has 0 aromatic heterocycles. The van der Waals surface area contributed by atoms with Gasteiger partial charge < -0.3 is 10.8 Å². The van der Waals surface area contributed by atoms with Crippen LogP contribution in [0.5, 0.6) is 0 Å². The van der Waals surface area contributed by atoms with E-state index in [-0.39, 0.29) is 17.5 Å². The van der Waals surface area contributed by atoms with Crippen LogP contribution in [0.25, 0.3) is 0 Å². The summed E-state index contributed by atoms with van der Waals surface area (Å²) >= 11 is 0. The van der Waals surface area contributed by atoms with Gasteiger partial charge in [0.1, 0.15) is 5.69 Å². The first kappa shape index (κ1) is 14.7. The van der Waals surface area contributed by atoms with Crippen LogP contribution in [-0.2, 0) is 6.54 Å². The zero-order chi connectivity index (χ0) is 14.7. The number of hydrogen-bond donors (Lipinski definition) is 2. The van der Waals surface area contributed by atoms with Crippen molar-refractivity contribution in [3.8, 4) is 0 Å². The lowest BCUT2D eigenvalue weighted by Gasteiger charge is -2.33. The Morgan fingerprint density at radius 2 is 2.15 bits per heavy atom. The van der Waals surface area contributed by atoms with Gasteiger partial charge in [0.25, 0.3) is 5.69 Å². The third kappa shape index (κ3) is 3.46. The van der Waals surface area contributed by atoms with Gasteiger partial charge in [0.05, 0.1) is 11.0 Å². The molecule has 0 aliphatic carbocycles. The van der Waals surface area contributed by atoms with E-state index < -0.39 is 4.92 Å². The van der Waals surface area contributed by atoms with E-state index in [9.17, 15) is 15.2 Å². The van der Waals surface area contributed by atoms with Crippen molar-refractivity contribution < 1.29 is 10.0 Å². The van der Waals surface area contributed by atoms with E-state index in [1.807, 2.05) is 13.0 Å². The summed E-state index contributed by atoms with van der Waals surface area (Å²) in [5, 5.41) is 20.4. The number of aliphatic hydroxyl groups is 1. The van der Waals surface area contributed by atoms with E-state index in [1.165, 1.54) is 0 Å². The number of nitrogen functional groups attached to an aromatic ring is 1. The number of rotatable bonds is 4. The maximum atomic E-state index is 10.9. The Kier molecular flexibility index (Phi) is 4.57. The monoisotopic (exact) mass is 279 g/mol. The Bertz CT molecular complexity index is 483. The Morgan fingerprint density at radius 1 is 1.50 bits per heavy atom. The molecule has 1 aromatic carbocycles. The molecule has 1 heterocycles. The fraction of sp³-hybridized carbons (Fsp3) is 0.571. The number of nitrogens with zero attached hydrogens (tertiary/aromatic N) is 2. The molecule has 0 radical (unpaired) electrons. The van der Waals surface area contributed by atoms with Gasteiger partial charge in [0.2, 0.25) is 0 Å². The van der Waals surface area contributed by atoms with E-state index in [4.69, 9.17) is 5.73 Å². The Labute approximate surface area is 118 Å². The minimum atomic E-state index is -0.446. The first-order chi connectivity index (χ1) is 9.47. The number of likely N-dealkylation sites (tertiary alicyclic amines) is 1. The van der Waals surface area contributed by atoms with E-state index >= 15 is 0 Å². The van der Waals surface area contributed by atoms with Crippen LogP contribution in [0.3, 0.4) is 0 Å². The topological polar surface area (TPSA) is 92.6 Å². The molecule has 1 aliphatic rings. The molecule has 1 aromatic rings. The largest absolute Gasteiger partial charge is 0.393 e. The molecular weight excluding hydrogens is 258 g/mol. The summed E-state index contributed by atoms with van der Waals surface area (Å²) in [5.74, 6) is 0.368. The minimum absolute atomic E-state index is 0.0265. The van der Waals surface area contributed by atoms with Crippen molar-refractivity contribution in [2.24, 2.45) is 5.92 Å². The van der Waals surface area contributed by atoms with Gasteiger partial charge in [0.15, 0.2) is 0 Å². The molecule has 1 fully saturated rings. The summed E-state index contributed by atoms with van der Waals surface area (Å²) in [6.07, 6.45) is 1.68. The second-order valence-corrected chi connectivity index (χ2v) is 5.50. The standard InChI is InChI=1S/C14H21N3O3/c1-10(18)12-4-6-16(7-5-12)9-11-2-3-13(15)14(8-11)17(19)20/h2-3,8,10,12,18H,4-7,9,15H2,1H3. The number of nitro groups is 1. The molecule has 1 aliphatic heterocycles. The number of piperidine rings is 1. The lowest BCUT2D eigenvalue weighted by molar-refractivity contribution is -0.384. The summed E-state index contributed by atoms with van der Waals surface area (Å²) in [6, 6.07) is 4.98. The highest BCUT2D eigenvalue weighted by Gasteiger charge is 2.23. The van der Waals surface area contributed by atoms with Crippen molar-refractivity contribution in [3.05, 3.63) is 33.9 Å². The number of nitro benzene ring substituents is 1. The van der Waals surface area contributed by atoms with Crippen LogP contribution < -0.4 is 5.73 Å². The van der Waals surface area contributed by atoms with Crippen LogP contribution in [0, 0.1) is 16.0 Å². The maximum absolute atomic E-state index is 10.9. The fourth-order valence-corrected chi connectivity index (χ4v) is 2.70. The quantitative estimate of drug-likeness (QED) is 0.498. The van der Waals surface area contributed by atoms with E-state index in [0.717, 1.165) is 31.5 Å². The molecule has 3 N–H and O–H groups in total. The van der Waals surface area contributed by atoms with Crippen molar-refractivity contribution in [3.63, 3.8) is 0 Å². The average Bonchev–Trinajstić information content (AvgIpc) is 2.41. The molecule has 0 spiro atoms. The molecule has 0 bridgehead atoms. The van der Waals surface area contributed by atoms with Crippen LogP contribution in [0.1, 0.15) is 25.3 Å². The van der Waals surface area contributed by atoms with Crippen LogP contribution in [-0.4, -0.2) is 34.1 Å². The van der Waals surface area contributed by atoms with E-state index in [1.54, 1.807) is 12.1 Å². The Hall–Kier alpha value is -1.66. The first-order valence-corrected chi connectivity index (χ1v) is 6.90. The number of nitrogens with two attached hydrogens (primary N) is 1. The summed E-state index contributed by atoms with van der Waals surface area (Å²) in [6.45, 7) is 4.35. The summed E-state index contributed by atoms with van der Waals surface area (Å²) < 4.78 is 0. The lowest BCUT2D eigenvalue weighted by Crippen LogP contribution is -2.36. The van der Waals surface area contributed by atoms with Crippen molar-refractivity contribution in [1.29, 1.82) is 0 Å². The second kappa shape index (κ2) is 6.19. The molecule has 1 saturated heterocycles. The van der Waals surface area contributed by atoms with Gasteiger partial charge in [-0.25, -0.2) is 0 Å². The molecule has 6 nitrogen and oxygen atoms in total. The third-order valence-electron chi connectivity index (χ3n) is 4.01. The van der Waals surface area contributed by atoms with Gasteiger partial charge in [-0.15, -0.1) is 0 Å². The predicted octanol–water partition coefficient (Wildman–Crippen LogP) is 1.77. The first-order valence-electron chi connectivity index (χ1n) is 6.90. The van der Waals surface area contributed by atoms with Crippen LogP contribution in [0.2, 0.25) is 0 Å². The number of benzene rings is 1. The molecule has 2 rings (SSSR count). The highest BCUT2D eigenvalue weighted by atomic mass is 16.6. The van der Waals surface area contributed by atoms with E-state index in [0.29, 0.717) is 12.5 Å². The molecule has 110 valence electrons. The minimum Gasteiger partial charge on any atom is -0.393 e. The third-order valence-corrected chi connectivity index (χ3v) is 4.01. The zero-order valence-electron chi connectivity index (χ0n) is 11.7. The van der Waals surface area contributed by atoms with E-state index in [2.05, 4.69) is 4.90 Å². The molecule has 1 unspecified atom stereocenters. The van der Waals surface area contributed by atoms with Crippen LogP contribution in [0.4, 0.5) is 11.4 Å². The zero-order valence-corrected chi connectivity index (χ0v) is 11.7. The molecule has 0 amide bonds. The van der Waals surface area contributed by atoms with Gasteiger partial charge in [0, 0.05) is 12.6 Å². The van der Waals surface area contributed by atoms with Crippen molar-refractivity contribution >= 4 is 11.4 Å². The Balaban J connectivity index is 1.98. The van der Waals surface area contributed by atoms with Gasteiger partial charge in [-0.3, -0.25) is 15.0 Å².